The van der Waals surface area contributed by atoms with Gasteiger partial charge in [-0.3, -0.25) is 4.79 Å². The zero-order valence-electron chi connectivity index (χ0n) is 11.0. The van der Waals surface area contributed by atoms with Gasteiger partial charge in [0, 0.05) is 13.1 Å². The normalized spacial score (nSPS) is 15.3. The summed E-state index contributed by atoms with van der Waals surface area (Å²) in [7, 11) is 0. The fourth-order valence-electron chi connectivity index (χ4n) is 2.78. The molecule has 0 atom stereocenters. The highest BCUT2D eigenvalue weighted by Gasteiger charge is 2.17. The maximum absolute atomic E-state index is 12.2. The third-order valence-corrected chi connectivity index (χ3v) is 3.85. The molecule has 20 heavy (non-hydrogen) atoms. The average molecular weight is 266 g/mol. The zero-order chi connectivity index (χ0) is 13.5. The van der Waals surface area contributed by atoms with Crippen LogP contribution < -0.4 is 10.5 Å². The Hall–Kier alpha value is -2.36. The van der Waals surface area contributed by atoms with Gasteiger partial charge in [0.25, 0.3) is 5.56 Å². The second-order valence-electron chi connectivity index (χ2n) is 5.19. The van der Waals surface area contributed by atoms with Crippen LogP contribution in [-0.4, -0.2) is 18.1 Å². The lowest BCUT2D eigenvalue weighted by molar-refractivity contribution is 0.562. The fraction of sp³-hybridized carbons (Fsp3) is 0.250. The van der Waals surface area contributed by atoms with Crippen molar-refractivity contribution in [1.82, 2.24) is 4.98 Å². The second kappa shape index (κ2) is 4.34. The van der Waals surface area contributed by atoms with E-state index in [2.05, 4.69) is 4.98 Å². The van der Waals surface area contributed by atoms with Crippen molar-refractivity contribution in [2.24, 2.45) is 0 Å². The van der Waals surface area contributed by atoms with Crippen LogP contribution in [0.4, 0.5) is 6.01 Å². The Morgan fingerprint density at radius 3 is 2.50 bits per heavy atom. The van der Waals surface area contributed by atoms with E-state index < -0.39 is 0 Å². The Labute approximate surface area is 115 Å². The minimum absolute atomic E-state index is 0.209. The summed E-state index contributed by atoms with van der Waals surface area (Å²) in [6.45, 7) is 1.82. The first-order valence-electron chi connectivity index (χ1n) is 6.90. The third-order valence-electron chi connectivity index (χ3n) is 3.85. The monoisotopic (exact) mass is 266 g/mol. The molecular weight excluding hydrogens is 252 g/mol. The van der Waals surface area contributed by atoms with Gasteiger partial charge >= 0.3 is 6.01 Å². The van der Waals surface area contributed by atoms with Gasteiger partial charge in [0.15, 0.2) is 0 Å². The van der Waals surface area contributed by atoms with Gasteiger partial charge < -0.3 is 9.32 Å². The topological polar surface area (TPSA) is 46.3 Å². The molecule has 2 heterocycles. The van der Waals surface area contributed by atoms with E-state index in [-0.39, 0.29) is 5.56 Å². The quantitative estimate of drug-likeness (QED) is 0.635. The van der Waals surface area contributed by atoms with Gasteiger partial charge in [-0.2, -0.15) is 4.98 Å². The predicted molar refractivity (Wildman–Crippen MR) is 79.2 cm³/mol. The van der Waals surface area contributed by atoms with Crippen molar-refractivity contribution < 1.29 is 4.42 Å². The van der Waals surface area contributed by atoms with Crippen LogP contribution in [0.15, 0.2) is 45.6 Å². The molecule has 1 saturated heterocycles. The molecule has 1 aliphatic heterocycles. The second-order valence-corrected chi connectivity index (χ2v) is 5.19. The third kappa shape index (κ3) is 1.76. The summed E-state index contributed by atoms with van der Waals surface area (Å²) in [5.74, 6) is 0. The number of benzene rings is 2. The lowest BCUT2D eigenvalue weighted by Crippen LogP contribution is -2.22. The number of nitrogens with zero attached hydrogens (tertiary/aromatic N) is 2. The highest BCUT2D eigenvalue weighted by atomic mass is 16.4. The fourth-order valence-corrected chi connectivity index (χ4v) is 2.78. The van der Waals surface area contributed by atoms with E-state index in [0.29, 0.717) is 17.0 Å². The zero-order valence-corrected chi connectivity index (χ0v) is 11.0. The Kier molecular flexibility index (Phi) is 2.49. The number of rotatable bonds is 1. The van der Waals surface area contributed by atoms with E-state index in [0.717, 1.165) is 36.7 Å². The molecule has 4 rings (SSSR count). The molecule has 0 amide bonds. The number of anilines is 1. The number of hydrogen-bond donors (Lipinski definition) is 0. The summed E-state index contributed by atoms with van der Waals surface area (Å²) >= 11 is 0. The van der Waals surface area contributed by atoms with Crippen molar-refractivity contribution in [3.63, 3.8) is 0 Å². The van der Waals surface area contributed by atoms with E-state index in [1.165, 1.54) is 0 Å². The molecule has 4 nitrogen and oxygen atoms in total. The molecule has 0 saturated carbocycles. The molecule has 0 bridgehead atoms. The van der Waals surface area contributed by atoms with E-state index in [4.69, 9.17) is 4.42 Å². The molecule has 1 aromatic heterocycles. The lowest BCUT2D eigenvalue weighted by atomic mass is 10.1. The average Bonchev–Trinajstić information content (AvgIpc) is 2.99. The van der Waals surface area contributed by atoms with Crippen molar-refractivity contribution in [3.8, 4) is 0 Å². The van der Waals surface area contributed by atoms with Gasteiger partial charge in [-0.15, -0.1) is 0 Å². The largest absolute Gasteiger partial charge is 0.425 e. The summed E-state index contributed by atoms with van der Waals surface area (Å²) in [5.41, 5.74) is 0.407. The first-order chi connectivity index (χ1) is 9.81. The van der Waals surface area contributed by atoms with Crippen molar-refractivity contribution in [2.75, 3.05) is 18.0 Å². The smallest absolute Gasteiger partial charge is 0.301 e. The molecule has 0 N–H and O–H groups in total. The maximum Gasteiger partial charge on any atom is 0.301 e. The van der Waals surface area contributed by atoms with Gasteiger partial charge in [0.1, 0.15) is 5.58 Å². The number of hydrogen-bond acceptors (Lipinski definition) is 4. The Morgan fingerprint density at radius 1 is 1.05 bits per heavy atom. The predicted octanol–water partition coefficient (Wildman–Crippen LogP) is 2.94. The van der Waals surface area contributed by atoms with Crippen LogP contribution in [0, 0.1) is 0 Å². The summed E-state index contributed by atoms with van der Waals surface area (Å²) < 4.78 is 5.85. The highest BCUT2D eigenvalue weighted by Crippen LogP contribution is 2.24. The summed E-state index contributed by atoms with van der Waals surface area (Å²) in [6, 6.07) is 12.2. The van der Waals surface area contributed by atoms with Crippen LogP contribution in [0.1, 0.15) is 12.8 Å². The van der Waals surface area contributed by atoms with Gasteiger partial charge in [-0.05, 0) is 35.7 Å². The lowest BCUT2D eigenvalue weighted by Gasteiger charge is -2.14. The Balaban J connectivity index is 1.98. The van der Waals surface area contributed by atoms with E-state index in [1.807, 2.05) is 41.3 Å². The number of fused-ring (bicyclic) bond motifs is 2. The standard InChI is InChI=1S/C16H14N2O2/c19-15-13-9-11-5-1-2-6-12(11)10-14(13)20-16(17-15)18-7-3-4-8-18/h1-2,5-6,9-10H,3-4,7-8H2. The molecule has 1 fully saturated rings. The molecular formula is C16H14N2O2. The molecule has 0 aliphatic carbocycles. The highest BCUT2D eigenvalue weighted by molar-refractivity contribution is 5.95. The maximum atomic E-state index is 12.2. The van der Waals surface area contributed by atoms with Crippen LogP contribution >= 0.6 is 0 Å². The molecule has 4 heteroatoms. The molecule has 0 spiro atoms. The van der Waals surface area contributed by atoms with Gasteiger partial charge in [0.2, 0.25) is 0 Å². The van der Waals surface area contributed by atoms with E-state index in [9.17, 15) is 4.79 Å². The van der Waals surface area contributed by atoms with Crippen LogP contribution in [0.5, 0.6) is 0 Å². The van der Waals surface area contributed by atoms with Crippen molar-refractivity contribution in [2.45, 2.75) is 12.8 Å². The molecule has 1 aliphatic rings. The molecule has 0 radical (unpaired) electrons. The Morgan fingerprint density at radius 2 is 1.75 bits per heavy atom. The first kappa shape index (κ1) is 11.5. The SMILES string of the molecule is O=c1nc(N2CCCC2)oc2cc3ccccc3cc12. The van der Waals surface area contributed by atoms with Crippen molar-refractivity contribution in [3.05, 3.63) is 46.8 Å². The summed E-state index contributed by atoms with van der Waals surface area (Å²) in [4.78, 5) is 18.3. The first-order valence-corrected chi connectivity index (χ1v) is 6.90. The van der Waals surface area contributed by atoms with E-state index in [1.54, 1.807) is 0 Å². The Bertz CT molecular complexity index is 848. The summed E-state index contributed by atoms with van der Waals surface area (Å²) in [6.07, 6.45) is 2.25. The van der Waals surface area contributed by atoms with Crippen LogP contribution in [0.2, 0.25) is 0 Å². The van der Waals surface area contributed by atoms with Gasteiger partial charge in [-0.25, -0.2) is 0 Å². The van der Waals surface area contributed by atoms with Gasteiger partial charge in [-0.1, -0.05) is 24.3 Å². The minimum Gasteiger partial charge on any atom is -0.425 e. The van der Waals surface area contributed by atoms with Crippen LogP contribution in [-0.2, 0) is 0 Å². The number of aromatic nitrogens is 1. The summed E-state index contributed by atoms with van der Waals surface area (Å²) in [5, 5.41) is 2.65. The van der Waals surface area contributed by atoms with Crippen molar-refractivity contribution in [1.29, 1.82) is 0 Å². The minimum atomic E-state index is -0.209. The molecule has 3 aromatic rings. The van der Waals surface area contributed by atoms with E-state index >= 15 is 0 Å². The molecule has 0 unspecified atom stereocenters. The molecule has 2 aromatic carbocycles. The molecule has 100 valence electrons. The van der Waals surface area contributed by atoms with Crippen LogP contribution in [0.3, 0.4) is 0 Å². The van der Waals surface area contributed by atoms with Crippen LogP contribution in [0.25, 0.3) is 21.7 Å². The van der Waals surface area contributed by atoms with Gasteiger partial charge in [0.05, 0.1) is 5.39 Å². The van der Waals surface area contributed by atoms with Crippen molar-refractivity contribution >= 4 is 27.8 Å².